The number of rotatable bonds is 3. The van der Waals surface area contributed by atoms with E-state index in [1.807, 2.05) is 31.2 Å². The zero-order chi connectivity index (χ0) is 11.5. The Labute approximate surface area is 100.0 Å². The Morgan fingerprint density at radius 2 is 2.25 bits per heavy atom. The minimum absolute atomic E-state index is 0.0622. The molecule has 4 heteroatoms. The standard InChI is InChI=1S/C12H14ClNO2/c1-2-16-11-6-4-3-5-10(11)14-8-9(13)7-12(14)15/h3-6,9H,2,7-8H2,1H3. The Bertz CT molecular complexity index is 394. The largest absolute Gasteiger partial charge is 0.492 e. The van der Waals surface area contributed by atoms with Crippen molar-refractivity contribution in [1.82, 2.24) is 0 Å². The van der Waals surface area contributed by atoms with Crippen LogP contribution >= 0.6 is 11.6 Å². The van der Waals surface area contributed by atoms with E-state index in [1.54, 1.807) is 4.90 Å². The lowest BCUT2D eigenvalue weighted by atomic mass is 10.2. The first kappa shape index (κ1) is 11.3. The number of ether oxygens (including phenoxy) is 1. The van der Waals surface area contributed by atoms with Gasteiger partial charge in [-0.15, -0.1) is 11.6 Å². The highest BCUT2D eigenvalue weighted by Gasteiger charge is 2.30. The maximum atomic E-state index is 11.7. The third kappa shape index (κ3) is 2.14. The summed E-state index contributed by atoms with van der Waals surface area (Å²) in [5.41, 5.74) is 0.817. The van der Waals surface area contributed by atoms with Crippen molar-refractivity contribution in [2.75, 3.05) is 18.1 Å². The maximum absolute atomic E-state index is 11.7. The van der Waals surface area contributed by atoms with Crippen LogP contribution in [0, 0.1) is 0 Å². The Kier molecular flexibility index (Phi) is 3.34. The van der Waals surface area contributed by atoms with Gasteiger partial charge in [-0.3, -0.25) is 4.79 Å². The van der Waals surface area contributed by atoms with Gasteiger partial charge in [-0.2, -0.15) is 0 Å². The van der Waals surface area contributed by atoms with Crippen LogP contribution in [0.1, 0.15) is 13.3 Å². The molecule has 1 aliphatic heterocycles. The molecule has 1 heterocycles. The number of benzene rings is 1. The van der Waals surface area contributed by atoms with Crippen LogP contribution in [-0.2, 0) is 4.79 Å². The molecule has 16 heavy (non-hydrogen) atoms. The molecule has 0 radical (unpaired) electrons. The smallest absolute Gasteiger partial charge is 0.228 e. The highest BCUT2D eigenvalue weighted by atomic mass is 35.5. The Morgan fingerprint density at radius 1 is 1.50 bits per heavy atom. The summed E-state index contributed by atoms with van der Waals surface area (Å²) in [4.78, 5) is 13.4. The van der Waals surface area contributed by atoms with Crippen LogP contribution in [0.3, 0.4) is 0 Å². The number of halogens is 1. The first-order valence-corrected chi connectivity index (χ1v) is 5.82. The number of anilines is 1. The Hall–Kier alpha value is -1.22. The van der Waals surface area contributed by atoms with Crippen molar-refractivity contribution in [1.29, 1.82) is 0 Å². The molecule has 1 aromatic carbocycles. The third-order valence-corrected chi connectivity index (χ3v) is 2.83. The second-order valence-corrected chi connectivity index (χ2v) is 4.32. The van der Waals surface area contributed by atoms with Crippen LogP contribution in [0.5, 0.6) is 5.75 Å². The lowest BCUT2D eigenvalue weighted by Gasteiger charge is -2.19. The van der Waals surface area contributed by atoms with Crippen LogP contribution in [0.25, 0.3) is 0 Å². The van der Waals surface area contributed by atoms with Crippen molar-refractivity contribution < 1.29 is 9.53 Å². The summed E-state index contributed by atoms with van der Waals surface area (Å²) < 4.78 is 5.50. The second kappa shape index (κ2) is 4.74. The number of para-hydroxylation sites is 2. The van der Waals surface area contributed by atoms with Crippen LogP contribution in [0.15, 0.2) is 24.3 Å². The molecule has 3 nitrogen and oxygen atoms in total. The van der Waals surface area contributed by atoms with Gasteiger partial charge in [-0.1, -0.05) is 12.1 Å². The number of alkyl halides is 1. The first-order valence-electron chi connectivity index (χ1n) is 5.38. The van der Waals surface area contributed by atoms with E-state index in [0.29, 0.717) is 19.6 Å². The Morgan fingerprint density at radius 3 is 2.88 bits per heavy atom. The first-order chi connectivity index (χ1) is 7.72. The van der Waals surface area contributed by atoms with Gasteiger partial charge in [0.2, 0.25) is 5.91 Å². The van der Waals surface area contributed by atoms with Gasteiger partial charge in [0.05, 0.1) is 17.7 Å². The van der Waals surface area contributed by atoms with Crippen molar-refractivity contribution in [2.24, 2.45) is 0 Å². The second-order valence-electron chi connectivity index (χ2n) is 3.71. The lowest BCUT2D eigenvalue weighted by Crippen LogP contribution is -2.25. The molecule has 86 valence electrons. The number of carbonyl (C=O) groups excluding carboxylic acids is 1. The van der Waals surface area contributed by atoms with Gasteiger partial charge in [0, 0.05) is 13.0 Å². The summed E-state index contributed by atoms with van der Waals surface area (Å²) in [5.74, 6) is 0.802. The number of nitrogens with zero attached hydrogens (tertiary/aromatic N) is 1. The fraction of sp³-hybridized carbons (Fsp3) is 0.417. The molecule has 0 bridgehead atoms. The summed E-state index contributed by atoms with van der Waals surface area (Å²) in [6.07, 6.45) is 0.405. The van der Waals surface area contributed by atoms with E-state index >= 15 is 0 Å². The van der Waals surface area contributed by atoms with Crippen molar-refractivity contribution >= 4 is 23.2 Å². The molecule has 1 amide bonds. The predicted octanol–water partition coefficient (Wildman–Crippen LogP) is 2.43. The normalized spacial score (nSPS) is 20.2. The summed E-state index contributed by atoms with van der Waals surface area (Å²) in [6, 6.07) is 7.55. The molecule has 0 spiro atoms. The molecule has 0 aliphatic carbocycles. The van der Waals surface area contributed by atoms with E-state index in [1.165, 1.54) is 0 Å². The average molecular weight is 240 g/mol. The van der Waals surface area contributed by atoms with Gasteiger partial charge >= 0.3 is 0 Å². The van der Waals surface area contributed by atoms with E-state index in [0.717, 1.165) is 11.4 Å². The van der Waals surface area contributed by atoms with E-state index in [4.69, 9.17) is 16.3 Å². The molecule has 1 aromatic rings. The molecule has 1 fully saturated rings. The Balaban J connectivity index is 2.29. The van der Waals surface area contributed by atoms with Crippen molar-refractivity contribution in [2.45, 2.75) is 18.7 Å². The van der Waals surface area contributed by atoms with Gasteiger partial charge in [0.15, 0.2) is 0 Å². The molecule has 2 rings (SSSR count). The minimum atomic E-state index is -0.0952. The zero-order valence-corrected chi connectivity index (χ0v) is 9.91. The van der Waals surface area contributed by atoms with Gasteiger partial charge < -0.3 is 9.64 Å². The summed E-state index contributed by atoms with van der Waals surface area (Å²) in [6.45, 7) is 3.07. The zero-order valence-electron chi connectivity index (χ0n) is 9.15. The highest BCUT2D eigenvalue weighted by molar-refractivity contribution is 6.24. The number of carbonyl (C=O) groups is 1. The van der Waals surface area contributed by atoms with Crippen molar-refractivity contribution in [3.05, 3.63) is 24.3 Å². The van der Waals surface area contributed by atoms with E-state index in [-0.39, 0.29) is 11.3 Å². The van der Waals surface area contributed by atoms with E-state index in [9.17, 15) is 4.79 Å². The molecule has 1 saturated heterocycles. The number of amides is 1. The average Bonchev–Trinajstić information content (AvgIpc) is 2.59. The van der Waals surface area contributed by atoms with Crippen LogP contribution in [0.2, 0.25) is 0 Å². The van der Waals surface area contributed by atoms with E-state index in [2.05, 4.69) is 0 Å². The number of hydrogen-bond acceptors (Lipinski definition) is 2. The molecular formula is C12H14ClNO2. The van der Waals surface area contributed by atoms with Crippen LogP contribution < -0.4 is 9.64 Å². The minimum Gasteiger partial charge on any atom is -0.492 e. The van der Waals surface area contributed by atoms with Gasteiger partial charge in [-0.25, -0.2) is 0 Å². The summed E-state index contributed by atoms with van der Waals surface area (Å²) in [5, 5.41) is -0.0952. The van der Waals surface area contributed by atoms with Crippen LogP contribution in [0.4, 0.5) is 5.69 Å². The molecule has 0 saturated carbocycles. The fourth-order valence-electron chi connectivity index (χ4n) is 1.85. The topological polar surface area (TPSA) is 29.5 Å². The quantitative estimate of drug-likeness (QED) is 0.759. The molecule has 1 unspecified atom stereocenters. The summed E-state index contributed by atoms with van der Waals surface area (Å²) >= 11 is 5.98. The maximum Gasteiger partial charge on any atom is 0.228 e. The number of hydrogen-bond donors (Lipinski definition) is 0. The lowest BCUT2D eigenvalue weighted by molar-refractivity contribution is -0.117. The SMILES string of the molecule is CCOc1ccccc1N1CC(Cl)CC1=O. The summed E-state index contributed by atoms with van der Waals surface area (Å²) in [7, 11) is 0. The molecular weight excluding hydrogens is 226 g/mol. The third-order valence-electron chi connectivity index (χ3n) is 2.53. The van der Waals surface area contributed by atoms with Gasteiger partial charge in [0.1, 0.15) is 5.75 Å². The predicted molar refractivity (Wildman–Crippen MR) is 64.2 cm³/mol. The fourth-order valence-corrected chi connectivity index (χ4v) is 2.12. The molecule has 1 aliphatic rings. The van der Waals surface area contributed by atoms with Gasteiger partial charge in [-0.05, 0) is 19.1 Å². The van der Waals surface area contributed by atoms with Crippen molar-refractivity contribution in [3.63, 3.8) is 0 Å². The van der Waals surface area contributed by atoms with Gasteiger partial charge in [0.25, 0.3) is 0 Å². The van der Waals surface area contributed by atoms with Crippen LogP contribution in [-0.4, -0.2) is 24.4 Å². The van der Waals surface area contributed by atoms with E-state index < -0.39 is 0 Å². The monoisotopic (exact) mass is 239 g/mol. The molecule has 1 atom stereocenters. The molecule has 0 aromatic heterocycles. The molecule has 0 N–H and O–H groups in total. The highest BCUT2D eigenvalue weighted by Crippen LogP contribution is 2.32. The van der Waals surface area contributed by atoms with Crippen molar-refractivity contribution in [3.8, 4) is 5.75 Å².